The molecule has 1 heterocycles. The van der Waals surface area contributed by atoms with Gasteiger partial charge in [-0.05, 0) is 0 Å². The van der Waals surface area contributed by atoms with Crippen LogP contribution in [-0.2, 0) is 0 Å². The predicted molar refractivity (Wildman–Crippen MR) is 30.4 cm³/mol. The largest absolute Gasteiger partial charge is 0.472 e. The summed E-state index contributed by atoms with van der Waals surface area (Å²) >= 11 is 0. The lowest BCUT2D eigenvalue weighted by Crippen LogP contribution is -2.03. The van der Waals surface area contributed by atoms with Gasteiger partial charge in [0.25, 0.3) is 0 Å². The summed E-state index contributed by atoms with van der Waals surface area (Å²) in [7, 11) is 0. The van der Waals surface area contributed by atoms with Crippen molar-refractivity contribution in [3.05, 3.63) is 34.4 Å². The Hall–Kier alpha value is -1.38. The zero-order valence-electron chi connectivity index (χ0n) is 4.53. The summed E-state index contributed by atoms with van der Waals surface area (Å²) in [5.74, 6) is 0. The molecule has 0 spiro atoms. The van der Waals surface area contributed by atoms with Gasteiger partial charge in [0.15, 0.2) is 11.7 Å². The first-order valence-corrected chi connectivity index (χ1v) is 2.36. The zero-order valence-corrected chi connectivity index (χ0v) is 4.53. The van der Waals surface area contributed by atoms with E-state index in [0.29, 0.717) is 6.29 Å². The van der Waals surface area contributed by atoms with E-state index in [9.17, 15) is 9.59 Å². The number of carbonyl (C=O) groups excluding carboxylic acids is 1. The minimum absolute atomic E-state index is 0.0532. The highest BCUT2D eigenvalue weighted by atomic mass is 16.3. The molecule has 0 atom stereocenters. The van der Waals surface area contributed by atoms with Crippen molar-refractivity contribution in [2.24, 2.45) is 0 Å². The molecule has 0 N–H and O–H groups in total. The van der Waals surface area contributed by atoms with Gasteiger partial charge in [0.05, 0.1) is 11.8 Å². The molecule has 1 rings (SSSR count). The van der Waals surface area contributed by atoms with E-state index < -0.39 is 0 Å². The Morgan fingerprint density at radius 1 is 1.56 bits per heavy atom. The molecule has 0 saturated heterocycles. The SMILES string of the molecule is O=Cc1coccc1=O. The first-order chi connectivity index (χ1) is 4.34. The highest BCUT2D eigenvalue weighted by molar-refractivity contribution is 5.73. The fourth-order valence-electron chi connectivity index (χ4n) is 0.454. The molecule has 46 valence electrons. The molecule has 3 nitrogen and oxygen atoms in total. The maximum Gasteiger partial charge on any atom is 0.195 e. The van der Waals surface area contributed by atoms with E-state index in [1.165, 1.54) is 12.3 Å². The normalized spacial score (nSPS) is 8.89. The molecular weight excluding hydrogens is 120 g/mol. The van der Waals surface area contributed by atoms with Crippen molar-refractivity contribution >= 4 is 6.29 Å². The first kappa shape index (κ1) is 5.75. The van der Waals surface area contributed by atoms with Crippen molar-refractivity contribution in [1.29, 1.82) is 0 Å². The first-order valence-electron chi connectivity index (χ1n) is 2.36. The predicted octanol–water partition coefficient (Wildman–Crippen LogP) is 0.452. The highest BCUT2D eigenvalue weighted by Gasteiger charge is 1.92. The summed E-state index contributed by atoms with van der Waals surface area (Å²) in [5, 5.41) is 0. The summed E-state index contributed by atoms with van der Waals surface area (Å²) in [4.78, 5) is 20.5. The van der Waals surface area contributed by atoms with Gasteiger partial charge >= 0.3 is 0 Å². The molecule has 1 aromatic heterocycles. The molecule has 0 bridgehead atoms. The maximum atomic E-state index is 10.6. The van der Waals surface area contributed by atoms with Crippen LogP contribution in [0.2, 0.25) is 0 Å². The van der Waals surface area contributed by atoms with Crippen molar-refractivity contribution in [1.82, 2.24) is 0 Å². The number of hydrogen-bond donors (Lipinski definition) is 0. The molecule has 0 unspecified atom stereocenters. The van der Waals surface area contributed by atoms with E-state index >= 15 is 0 Å². The van der Waals surface area contributed by atoms with Crippen molar-refractivity contribution in [2.75, 3.05) is 0 Å². The van der Waals surface area contributed by atoms with Crippen LogP contribution in [-0.4, -0.2) is 6.29 Å². The van der Waals surface area contributed by atoms with E-state index in [0.717, 1.165) is 6.26 Å². The lowest BCUT2D eigenvalue weighted by molar-refractivity contribution is 0.112. The quantitative estimate of drug-likeness (QED) is 0.510. The fraction of sp³-hybridized carbons (Fsp3) is 0. The van der Waals surface area contributed by atoms with Crippen LogP contribution in [0, 0.1) is 0 Å². The monoisotopic (exact) mass is 124 g/mol. The lowest BCUT2D eigenvalue weighted by Gasteiger charge is -1.81. The van der Waals surface area contributed by atoms with Crippen LogP contribution >= 0.6 is 0 Å². The van der Waals surface area contributed by atoms with Crippen LogP contribution < -0.4 is 5.43 Å². The van der Waals surface area contributed by atoms with Crippen molar-refractivity contribution < 1.29 is 9.21 Å². The van der Waals surface area contributed by atoms with Crippen LogP contribution in [0.25, 0.3) is 0 Å². The van der Waals surface area contributed by atoms with E-state index in [-0.39, 0.29) is 11.0 Å². The Labute approximate surface area is 50.9 Å². The van der Waals surface area contributed by atoms with Gasteiger partial charge in [-0.1, -0.05) is 0 Å². The highest BCUT2D eigenvalue weighted by Crippen LogP contribution is 1.83. The molecule has 0 aliphatic rings. The third kappa shape index (κ3) is 1.05. The second kappa shape index (κ2) is 2.26. The van der Waals surface area contributed by atoms with Gasteiger partial charge < -0.3 is 4.42 Å². The fourth-order valence-corrected chi connectivity index (χ4v) is 0.454. The summed E-state index contributed by atoms with van der Waals surface area (Å²) < 4.78 is 4.55. The van der Waals surface area contributed by atoms with E-state index in [1.807, 2.05) is 0 Å². The third-order valence-corrected chi connectivity index (χ3v) is 0.904. The molecule has 0 aliphatic carbocycles. The molecule has 0 fully saturated rings. The van der Waals surface area contributed by atoms with Crippen LogP contribution in [0.1, 0.15) is 10.4 Å². The van der Waals surface area contributed by atoms with E-state index in [2.05, 4.69) is 4.42 Å². The second-order valence-corrected chi connectivity index (χ2v) is 1.49. The van der Waals surface area contributed by atoms with Gasteiger partial charge in [-0.15, -0.1) is 0 Å². The molecule has 1 aromatic rings. The average Bonchev–Trinajstić information content (AvgIpc) is 1.89. The van der Waals surface area contributed by atoms with Gasteiger partial charge in [0.1, 0.15) is 6.26 Å². The topological polar surface area (TPSA) is 47.3 Å². The minimum atomic E-state index is -0.309. The van der Waals surface area contributed by atoms with E-state index in [1.54, 1.807) is 0 Å². The standard InChI is InChI=1S/C6H4O3/c7-3-5-4-9-2-1-6(5)8/h1-4H. The third-order valence-electron chi connectivity index (χ3n) is 0.904. The Balaban J connectivity index is 3.32. The lowest BCUT2D eigenvalue weighted by atomic mass is 10.3. The molecular formula is C6H4O3. The number of aldehydes is 1. The molecule has 3 heteroatoms. The molecule has 0 radical (unpaired) electrons. The van der Waals surface area contributed by atoms with Gasteiger partial charge in [-0.3, -0.25) is 9.59 Å². The summed E-state index contributed by atoms with van der Waals surface area (Å²) in [6.07, 6.45) is 2.82. The van der Waals surface area contributed by atoms with Crippen LogP contribution in [0.3, 0.4) is 0 Å². The van der Waals surface area contributed by atoms with Gasteiger partial charge in [-0.25, -0.2) is 0 Å². The maximum absolute atomic E-state index is 10.6. The van der Waals surface area contributed by atoms with Crippen LogP contribution in [0.5, 0.6) is 0 Å². The molecule has 0 aliphatic heterocycles. The van der Waals surface area contributed by atoms with E-state index in [4.69, 9.17) is 0 Å². The average molecular weight is 124 g/mol. The van der Waals surface area contributed by atoms with Gasteiger partial charge in [0, 0.05) is 6.07 Å². The second-order valence-electron chi connectivity index (χ2n) is 1.49. The number of hydrogen-bond acceptors (Lipinski definition) is 3. The van der Waals surface area contributed by atoms with Crippen molar-refractivity contribution in [2.45, 2.75) is 0 Å². The van der Waals surface area contributed by atoms with Gasteiger partial charge in [-0.2, -0.15) is 0 Å². The van der Waals surface area contributed by atoms with Crippen molar-refractivity contribution in [3.8, 4) is 0 Å². The molecule has 9 heavy (non-hydrogen) atoms. The molecule has 0 amide bonds. The number of rotatable bonds is 1. The van der Waals surface area contributed by atoms with Gasteiger partial charge in [0.2, 0.25) is 0 Å². The Bertz CT molecular complexity index is 261. The summed E-state index contributed by atoms with van der Waals surface area (Å²) in [6.45, 7) is 0. The Kier molecular flexibility index (Phi) is 1.44. The van der Waals surface area contributed by atoms with Crippen LogP contribution in [0.4, 0.5) is 0 Å². The summed E-state index contributed by atoms with van der Waals surface area (Å²) in [6, 6.07) is 1.20. The Morgan fingerprint density at radius 3 is 2.78 bits per heavy atom. The van der Waals surface area contributed by atoms with Crippen molar-refractivity contribution in [3.63, 3.8) is 0 Å². The van der Waals surface area contributed by atoms with Crippen LogP contribution in [0.15, 0.2) is 27.8 Å². The Morgan fingerprint density at radius 2 is 2.33 bits per heavy atom. The minimum Gasteiger partial charge on any atom is -0.472 e. The summed E-state index contributed by atoms with van der Waals surface area (Å²) in [5.41, 5.74) is -0.256. The zero-order chi connectivity index (χ0) is 6.69. The molecule has 0 saturated carbocycles. The number of carbonyl (C=O) groups is 1. The molecule has 0 aromatic carbocycles. The smallest absolute Gasteiger partial charge is 0.195 e.